The van der Waals surface area contributed by atoms with Crippen molar-refractivity contribution in [3.05, 3.63) is 0 Å². The molecule has 0 aromatic heterocycles. The van der Waals surface area contributed by atoms with Crippen molar-refractivity contribution >= 4 is 29.9 Å². The molecule has 0 radical (unpaired) electrons. The van der Waals surface area contributed by atoms with Gasteiger partial charge in [-0.1, -0.05) is 20.3 Å². The summed E-state index contributed by atoms with van der Waals surface area (Å²) in [6.07, 6.45) is 5.08. The van der Waals surface area contributed by atoms with Crippen LogP contribution in [-0.4, -0.2) is 55.5 Å². The Hall–Kier alpha value is -0.0400. The molecule has 0 bridgehead atoms. The van der Waals surface area contributed by atoms with Crippen LogP contribution in [0.15, 0.2) is 4.99 Å². The predicted octanol–water partition coefficient (Wildman–Crippen LogP) is 2.38. The molecule has 1 atom stereocenters. The fraction of sp³-hybridized carbons (Fsp3) is 0.929. The SMILES string of the molecule is CCCCN(C)CCN=C(N)N1CCCC(C)C1.I. The Kier molecular flexibility index (Phi) is 10.7. The molecule has 0 saturated carbocycles. The van der Waals surface area contributed by atoms with Gasteiger partial charge in [0.1, 0.15) is 0 Å². The van der Waals surface area contributed by atoms with Gasteiger partial charge in [-0.3, -0.25) is 4.99 Å². The topological polar surface area (TPSA) is 44.9 Å². The number of unbranched alkanes of at least 4 members (excludes halogenated alkanes) is 1. The highest BCUT2D eigenvalue weighted by atomic mass is 127. The molecule has 4 nitrogen and oxygen atoms in total. The second kappa shape index (κ2) is 10.7. The highest BCUT2D eigenvalue weighted by Gasteiger charge is 2.17. The molecule has 1 aliphatic rings. The molecular weight excluding hydrogens is 351 g/mol. The quantitative estimate of drug-likeness (QED) is 0.436. The van der Waals surface area contributed by atoms with Gasteiger partial charge in [0.05, 0.1) is 6.54 Å². The summed E-state index contributed by atoms with van der Waals surface area (Å²) in [7, 11) is 2.16. The molecule has 19 heavy (non-hydrogen) atoms. The molecule has 0 aromatic rings. The molecule has 0 aromatic carbocycles. The normalized spacial score (nSPS) is 20.5. The monoisotopic (exact) mass is 382 g/mol. The lowest BCUT2D eigenvalue weighted by Gasteiger charge is -2.31. The van der Waals surface area contributed by atoms with Gasteiger partial charge in [-0.2, -0.15) is 0 Å². The molecular formula is C14H31IN4. The van der Waals surface area contributed by atoms with Crippen LogP contribution in [0.1, 0.15) is 39.5 Å². The van der Waals surface area contributed by atoms with Crippen molar-refractivity contribution in [3.63, 3.8) is 0 Å². The molecule has 0 spiro atoms. The molecule has 1 rings (SSSR count). The third-order valence-electron chi connectivity index (χ3n) is 3.63. The third-order valence-corrected chi connectivity index (χ3v) is 3.63. The highest BCUT2D eigenvalue weighted by molar-refractivity contribution is 14.0. The maximum atomic E-state index is 6.05. The summed E-state index contributed by atoms with van der Waals surface area (Å²) >= 11 is 0. The van der Waals surface area contributed by atoms with E-state index in [9.17, 15) is 0 Å². The van der Waals surface area contributed by atoms with Gasteiger partial charge in [-0.15, -0.1) is 24.0 Å². The number of nitrogens with zero attached hydrogens (tertiary/aromatic N) is 3. The number of likely N-dealkylation sites (N-methyl/N-ethyl adjacent to an activating group) is 1. The summed E-state index contributed by atoms with van der Waals surface area (Å²) in [4.78, 5) is 9.08. The molecule has 1 aliphatic heterocycles. The minimum atomic E-state index is 0. The molecule has 114 valence electrons. The van der Waals surface area contributed by atoms with Crippen LogP contribution < -0.4 is 5.73 Å². The maximum absolute atomic E-state index is 6.05. The largest absolute Gasteiger partial charge is 0.370 e. The Bertz CT molecular complexity index is 258. The molecule has 1 unspecified atom stereocenters. The van der Waals surface area contributed by atoms with Gasteiger partial charge >= 0.3 is 0 Å². The molecule has 1 saturated heterocycles. The van der Waals surface area contributed by atoms with Crippen LogP contribution in [0.25, 0.3) is 0 Å². The van der Waals surface area contributed by atoms with Crippen LogP contribution in [0.2, 0.25) is 0 Å². The summed E-state index contributed by atoms with van der Waals surface area (Å²) < 4.78 is 0. The zero-order valence-electron chi connectivity index (χ0n) is 12.8. The van der Waals surface area contributed by atoms with Crippen molar-refractivity contribution in [2.24, 2.45) is 16.6 Å². The molecule has 5 heteroatoms. The molecule has 0 aliphatic carbocycles. The number of nitrogens with two attached hydrogens (primary N) is 1. The first kappa shape index (κ1) is 19.0. The number of hydrogen-bond acceptors (Lipinski definition) is 2. The first-order chi connectivity index (χ1) is 8.63. The number of aliphatic imine (C=N–C) groups is 1. The Balaban J connectivity index is 0.00000324. The van der Waals surface area contributed by atoms with Crippen molar-refractivity contribution in [2.45, 2.75) is 39.5 Å². The first-order valence-electron chi connectivity index (χ1n) is 7.37. The fourth-order valence-corrected chi connectivity index (χ4v) is 2.37. The number of halogens is 1. The smallest absolute Gasteiger partial charge is 0.191 e. The maximum Gasteiger partial charge on any atom is 0.191 e. The van der Waals surface area contributed by atoms with Gasteiger partial charge in [-0.05, 0) is 38.8 Å². The number of guanidine groups is 1. The number of likely N-dealkylation sites (tertiary alicyclic amines) is 1. The zero-order valence-corrected chi connectivity index (χ0v) is 15.1. The van der Waals surface area contributed by atoms with Crippen molar-refractivity contribution < 1.29 is 0 Å². The molecule has 0 amide bonds. The lowest BCUT2D eigenvalue weighted by Crippen LogP contribution is -2.43. The second-order valence-corrected chi connectivity index (χ2v) is 5.59. The first-order valence-corrected chi connectivity index (χ1v) is 7.37. The van der Waals surface area contributed by atoms with Gasteiger partial charge in [0, 0.05) is 19.6 Å². The Morgan fingerprint density at radius 2 is 2.16 bits per heavy atom. The van der Waals surface area contributed by atoms with Gasteiger partial charge in [0.25, 0.3) is 0 Å². The van der Waals surface area contributed by atoms with E-state index in [1.807, 2.05) is 0 Å². The van der Waals surface area contributed by atoms with E-state index < -0.39 is 0 Å². The van der Waals surface area contributed by atoms with E-state index >= 15 is 0 Å². The van der Waals surface area contributed by atoms with Crippen LogP contribution in [-0.2, 0) is 0 Å². The number of hydrogen-bond donors (Lipinski definition) is 1. The zero-order chi connectivity index (χ0) is 13.4. The summed E-state index contributed by atoms with van der Waals surface area (Å²) in [6.45, 7) is 9.64. The minimum absolute atomic E-state index is 0. The lowest BCUT2D eigenvalue weighted by molar-refractivity contribution is 0.269. The molecule has 2 N–H and O–H groups in total. The van der Waals surface area contributed by atoms with Gasteiger partial charge < -0.3 is 15.5 Å². The van der Waals surface area contributed by atoms with E-state index in [2.05, 4.69) is 35.7 Å². The Morgan fingerprint density at radius 3 is 2.79 bits per heavy atom. The highest BCUT2D eigenvalue weighted by Crippen LogP contribution is 2.14. The van der Waals surface area contributed by atoms with Crippen molar-refractivity contribution in [1.82, 2.24) is 9.80 Å². The summed E-state index contributed by atoms with van der Waals surface area (Å²) in [5.74, 6) is 1.49. The van der Waals surface area contributed by atoms with Crippen LogP contribution in [0.3, 0.4) is 0 Å². The average Bonchev–Trinajstić information content (AvgIpc) is 2.36. The minimum Gasteiger partial charge on any atom is -0.370 e. The Labute approximate surface area is 135 Å². The number of rotatable bonds is 6. The summed E-state index contributed by atoms with van der Waals surface area (Å²) in [6, 6.07) is 0. The van der Waals surface area contributed by atoms with Crippen LogP contribution in [0.5, 0.6) is 0 Å². The van der Waals surface area contributed by atoms with E-state index in [0.29, 0.717) is 0 Å². The Morgan fingerprint density at radius 1 is 1.42 bits per heavy atom. The van der Waals surface area contributed by atoms with Crippen molar-refractivity contribution in [1.29, 1.82) is 0 Å². The lowest BCUT2D eigenvalue weighted by atomic mass is 10.0. The van der Waals surface area contributed by atoms with E-state index in [-0.39, 0.29) is 24.0 Å². The summed E-state index contributed by atoms with van der Waals surface area (Å²) in [5, 5.41) is 0. The van der Waals surface area contributed by atoms with E-state index in [1.54, 1.807) is 0 Å². The second-order valence-electron chi connectivity index (χ2n) is 5.59. The third kappa shape index (κ3) is 7.97. The van der Waals surface area contributed by atoms with E-state index in [0.717, 1.165) is 44.6 Å². The summed E-state index contributed by atoms with van der Waals surface area (Å²) in [5.41, 5.74) is 6.05. The van der Waals surface area contributed by atoms with Crippen LogP contribution in [0, 0.1) is 5.92 Å². The molecule has 1 heterocycles. The van der Waals surface area contributed by atoms with Gasteiger partial charge in [0.2, 0.25) is 0 Å². The van der Waals surface area contributed by atoms with Gasteiger partial charge in [-0.25, -0.2) is 0 Å². The van der Waals surface area contributed by atoms with Crippen molar-refractivity contribution in [2.75, 3.05) is 39.8 Å². The van der Waals surface area contributed by atoms with Crippen molar-refractivity contribution in [3.8, 4) is 0 Å². The van der Waals surface area contributed by atoms with Crippen LogP contribution >= 0.6 is 24.0 Å². The number of piperidine rings is 1. The predicted molar refractivity (Wildman–Crippen MR) is 94.3 cm³/mol. The average molecular weight is 382 g/mol. The fourth-order valence-electron chi connectivity index (χ4n) is 2.37. The van der Waals surface area contributed by atoms with E-state index in [4.69, 9.17) is 5.73 Å². The van der Waals surface area contributed by atoms with E-state index in [1.165, 1.54) is 25.7 Å². The van der Waals surface area contributed by atoms with Crippen LogP contribution in [0.4, 0.5) is 0 Å². The van der Waals surface area contributed by atoms with Gasteiger partial charge in [0.15, 0.2) is 5.96 Å². The molecule has 1 fully saturated rings. The standard InChI is InChI=1S/C14H30N4.HI/c1-4-5-9-17(3)11-8-16-14(15)18-10-6-7-13(2)12-18;/h13H,4-12H2,1-3H3,(H2,15,16);1H.